The van der Waals surface area contributed by atoms with Crippen LogP contribution in [0.5, 0.6) is 6.01 Å². The van der Waals surface area contributed by atoms with Crippen molar-refractivity contribution in [2.45, 2.75) is 25.1 Å². The van der Waals surface area contributed by atoms with Gasteiger partial charge in [-0.15, -0.1) is 0 Å². The zero-order chi connectivity index (χ0) is 23.6. The molecule has 1 unspecified atom stereocenters. The second kappa shape index (κ2) is 9.20. The molecule has 2 saturated heterocycles. The topological polar surface area (TPSA) is 78.9 Å². The third-order valence-electron chi connectivity index (χ3n) is 5.49. The number of rotatable bonds is 5. The third-order valence-corrected chi connectivity index (χ3v) is 5.49. The van der Waals surface area contributed by atoms with E-state index in [4.69, 9.17) is 4.74 Å². The molecule has 0 aliphatic carbocycles. The highest BCUT2D eigenvalue weighted by atomic mass is 19.4. The summed E-state index contributed by atoms with van der Waals surface area (Å²) in [5.41, 5.74) is -0.557. The molecule has 33 heavy (non-hydrogen) atoms. The van der Waals surface area contributed by atoms with E-state index in [1.807, 2.05) is 0 Å². The number of piperidine rings is 1. The van der Waals surface area contributed by atoms with Gasteiger partial charge in [-0.25, -0.2) is 14.2 Å². The van der Waals surface area contributed by atoms with Crippen LogP contribution in [0.1, 0.15) is 18.5 Å². The van der Waals surface area contributed by atoms with Crippen LogP contribution in [0.4, 0.5) is 28.0 Å². The Morgan fingerprint density at radius 1 is 1.12 bits per heavy atom. The molecular weight excluding hydrogens is 446 g/mol. The lowest BCUT2D eigenvalue weighted by molar-refractivity contribution is -0.141. The molecule has 2 aliphatic heterocycles. The number of amides is 3. The number of anilines is 1. The van der Waals surface area contributed by atoms with Crippen LogP contribution in [0.25, 0.3) is 0 Å². The molecule has 1 aromatic carbocycles. The summed E-state index contributed by atoms with van der Waals surface area (Å²) in [4.78, 5) is 37.0. The molecule has 3 amide bonds. The molecule has 1 aromatic heterocycles. The Hall–Kier alpha value is -3.44. The van der Waals surface area contributed by atoms with Gasteiger partial charge in [-0.05, 0) is 43.2 Å². The number of hydrogen-bond acceptors (Lipinski definition) is 5. The maximum Gasteiger partial charge on any atom is 0.433 e. The van der Waals surface area contributed by atoms with Crippen LogP contribution in [0.2, 0.25) is 0 Å². The summed E-state index contributed by atoms with van der Waals surface area (Å²) in [7, 11) is 0. The first-order valence-corrected chi connectivity index (χ1v) is 10.4. The van der Waals surface area contributed by atoms with Gasteiger partial charge in [0.15, 0.2) is 5.69 Å². The zero-order valence-electron chi connectivity index (χ0n) is 17.5. The monoisotopic (exact) mass is 467 g/mol. The number of aromatic nitrogens is 2. The molecule has 2 fully saturated rings. The molecule has 2 aromatic rings. The molecule has 0 spiro atoms. The molecule has 4 rings (SSSR count). The van der Waals surface area contributed by atoms with Crippen LogP contribution in [-0.2, 0) is 11.0 Å². The average molecular weight is 467 g/mol. The number of carbonyl (C=O) groups excluding carboxylic acids is 2. The Bertz CT molecular complexity index is 1020. The predicted octanol–water partition coefficient (Wildman–Crippen LogP) is 2.95. The van der Waals surface area contributed by atoms with Gasteiger partial charge in [0.2, 0.25) is 5.91 Å². The van der Waals surface area contributed by atoms with E-state index in [2.05, 4.69) is 9.97 Å². The van der Waals surface area contributed by atoms with Crippen molar-refractivity contribution in [2.24, 2.45) is 0 Å². The van der Waals surface area contributed by atoms with Gasteiger partial charge < -0.3 is 14.5 Å². The van der Waals surface area contributed by atoms with Crippen molar-refractivity contribution in [3.63, 3.8) is 0 Å². The fourth-order valence-corrected chi connectivity index (χ4v) is 3.82. The SMILES string of the molecule is O=C(CN1CCN(c2ccc(F)cc2)C1=O)N1CCCC(Oc2nccc(C(F)(F)F)n2)C1. The lowest BCUT2D eigenvalue weighted by Gasteiger charge is -2.33. The van der Waals surface area contributed by atoms with Crippen molar-refractivity contribution >= 4 is 17.6 Å². The van der Waals surface area contributed by atoms with E-state index in [-0.39, 0.29) is 25.0 Å². The summed E-state index contributed by atoms with van der Waals surface area (Å²) in [6, 6.07) is 5.54. The first kappa shape index (κ1) is 22.7. The summed E-state index contributed by atoms with van der Waals surface area (Å²) < 4.78 is 57.2. The molecular formula is C21H21F4N5O3. The number of nitrogens with zero attached hydrogens (tertiary/aromatic N) is 5. The van der Waals surface area contributed by atoms with Crippen LogP contribution in [-0.4, -0.2) is 70.5 Å². The Labute approximate surface area is 186 Å². The number of urea groups is 1. The molecule has 3 heterocycles. The molecule has 176 valence electrons. The van der Waals surface area contributed by atoms with Crippen LogP contribution < -0.4 is 9.64 Å². The van der Waals surface area contributed by atoms with E-state index in [0.29, 0.717) is 38.2 Å². The summed E-state index contributed by atoms with van der Waals surface area (Å²) in [6.07, 6.45) is -3.08. The quantitative estimate of drug-likeness (QED) is 0.632. The van der Waals surface area contributed by atoms with Crippen LogP contribution >= 0.6 is 0 Å². The van der Waals surface area contributed by atoms with Gasteiger partial charge in [0.05, 0.1) is 6.54 Å². The zero-order valence-corrected chi connectivity index (χ0v) is 17.5. The van der Waals surface area contributed by atoms with E-state index >= 15 is 0 Å². The molecule has 8 nitrogen and oxygen atoms in total. The molecule has 0 N–H and O–H groups in total. The van der Waals surface area contributed by atoms with Crippen molar-refractivity contribution in [3.05, 3.63) is 48.0 Å². The summed E-state index contributed by atoms with van der Waals surface area (Å²) in [5, 5.41) is 0. The summed E-state index contributed by atoms with van der Waals surface area (Å²) >= 11 is 0. The fourth-order valence-electron chi connectivity index (χ4n) is 3.82. The van der Waals surface area contributed by atoms with E-state index in [1.165, 1.54) is 39.0 Å². The normalized spacial score (nSPS) is 19.2. The molecule has 0 bridgehead atoms. The van der Waals surface area contributed by atoms with Gasteiger partial charge in [-0.3, -0.25) is 9.69 Å². The van der Waals surface area contributed by atoms with Gasteiger partial charge in [0.1, 0.15) is 18.5 Å². The first-order chi connectivity index (χ1) is 15.7. The third kappa shape index (κ3) is 5.32. The Balaban J connectivity index is 1.34. The van der Waals surface area contributed by atoms with E-state index in [9.17, 15) is 27.2 Å². The highest BCUT2D eigenvalue weighted by molar-refractivity contribution is 5.96. The second-order valence-corrected chi connectivity index (χ2v) is 7.78. The summed E-state index contributed by atoms with van der Waals surface area (Å²) in [6.45, 7) is 1.18. The number of alkyl halides is 3. The molecule has 1 atom stereocenters. The molecule has 12 heteroatoms. The second-order valence-electron chi connectivity index (χ2n) is 7.78. The minimum atomic E-state index is -4.61. The van der Waals surface area contributed by atoms with E-state index in [1.54, 1.807) is 0 Å². The van der Waals surface area contributed by atoms with Crippen LogP contribution in [0, 0.1) is 5.82 Å². The van der Waals surface area contributed by atoms with Crippen molar-refractivity contribution in [1.29, 1.82) is 0 Å². The van der Waals surface area contributed by atoms with Crippen molar-refractivity contribution in [3.8, 4) is 6.01 Å². The Kier molecular flexibility index (Phi) is 6.34. The molecule has 2 aliphatic rings. The minimum absolute atomic E-state index is 0.136. The highest BCUT2D eigenvalue weighted by Crippen LogP contribution is 2.28. The lowest BCUT2D eigenvalue weighted by atomic mass is 10.1. The minimum Gasteiger partial charge on any atom is -0.458 e. The first-order valence-electron chi connectivity index (χ1n) is 10.4. The maximum atomic E-state index is 13.1. The van der Waals surface area contributed by atoms with Crippen molar-refractivity contribution in [1.82, 2.24) is 19.8 Å². The number of benzene rings is 1. The molecule has 0 saturated carbocycles. The average Bonchev–Trinajstić information content (AvgIpc) is 3.14. The Morgan fingerprint density at radius 2 is 1.88 bits per heavy atom. The van der Waals surface area contributed by atoms with Gasteiger partial charge in [-0.1, -0.05) is 0 Å². The predicted molar refractivity (Wildman–Crippen MR) is 108 cm³/mol. The van der Waals surface area contributed by atoms with Crippen LogP contribution in [0.3, 0.4) is 0 Å². The van der Waals surface area contributed by atoms with Crippen LogP contribution in [0.15, 0.2) is 36.5 Å². The summed E-state index contributed by atoms with van der Waals surface area (Å²) in [5.74, 6) is -0.697. The lowest BCUT2D eigenvalue weighted by Crippen LogP contribution is -2.48. The Morgan fingerprint density at radius 3 is 2.61 bits per heavy atom. The number of likely N-dealkylation sites (tertiary alicyclic amines) is 1. The van der Waals surface area contributed by atoms with E-state index in [0.717, 1.165) is 12.3 Å². The van der Waals surface area contributed by atoms with E-state index < -0.39 is 29.8 Å². The maximum absolute atomic E-state index is 13.1. The van der Waals surface area contributed by atoms with Gasteiger partial charge >= 0.3 is 18.2 Å². The standard InChI is InChI=1S/C21H21F4N5O3/c22-14-3-5-15(6-4-14)30-11-10-29(20(30)32)13-18(31)28-9-1-2-16(12-28)33-19-26-8-7-17(27-19)21(23,24)25/h3-8,16H,1-2,9-13H2. The van der Waals surface area contributed by atoms with Crippen molar-refractivity contribution < 1.29 is 31.9 Å². The van der Waals surface area contributed by atoms with Gasteiger partial charge in [0.25, 0.3) is 0 Å². The van der Waals surface area contributed by atoms with Gasteiger partial charge in [0, 0.05) is 31.5 Å². The number of ether oxygens (including phenoxy) is 1. The highest BCUT2D eigenvalue weighted by Gasteiger charge is 2.35. The number of halogens is 4. The number of carbonyl (C=O) groups is 2. The van der Waals surface area contributed by atoms with Gasteiger partial charge in [-0.2, -0.15) is 18.2 Å². The largest absolute Gasteiger partial charge is 0.458 e. The van der Waals surface area contributed by atoms with Crippen molar-refractivity contribution in [2.75, 3.05) is 37.6 Å². The fraction of sp³-hybridized carbons (Fsp3) is 0.429. The molecule has 0 radical (unpaired) electrons. The smallest absolute Gasteiger partial charge is 0.433 e. The number of hydrogen-bond donors (Lipinski definition) is 0.